The fourth-order valence-corrected chi connectivity index (χ4v) is 1.80. The van der Waals surface area contributed by atoms with E-state index in [-0.39, 0.29) is 11.6 Å². The molecule has 0 unspecified atom stereocenters. The fourth-order valence-electron chi connectivity index (χ4n) is 1.59. The number of carboxylic acid groups (broad SMARTS) is 1. The van der Waals surface area contributed by atoms with E-state index in [0.29, 0.717) is 17.3 Å². The van der Waals surface area contributed by atoms with Gasteiger partial charge in [0.05, 0.1) is 0 Å². The molecule has 98 valence electrons. The molecule has 2 rings (SSSR count). The van der Waals surface area contributed by atoms with E-state index in [1.165, 1.54) is 6.07 Å². The van der Waals surface area contributed by atoms with Gasteiger partial charge in [0.1, 0.15) is 0 Å². The SMILES string of the molecule is Cc1cc(C(=O)O)nc(NCc2cccc(Cl)c2)n1. The Morgan fingerprint density at radius 3 is 2.84 bits per heavy atom. The highest BCUT2D eigenvalue weighted by molar-refractivity contribution is 6.30. The van der Waals surface area contributed by atoms with Crippen LogP contribution in [-0.2, 0) is 6.54 Å². The van der Waals surface area contributed by atoms with Crippen molar-refractivity contribution in [2.45, 2.75) is 13.5 Å². The number of nitrogens with zero attached hydrogens (tertiary/aromatic N) is 2. The Labute approximate surface area is 115 Å². The van der Waals surface area contributed by atoms with Gasteiger partial charge in [-0.1, -0.05) is 23.7 Å². The molecular formula is C13H12ClN3O2. The summed E-state index contributed by atoms with van der Waals surface area (Å²) in [5.41, 5.74) is 1.54. The van der Waals surface area contributed by atoms with Crippen LogP contribution >= 0.6 is 11.6 Å². The molecule has 19 heavy (non-hydrogen) atoms. The second-order valence-electron chi connectivity index (χ2n) is 4.01. The third-order valence-electron chi connectivity index (χ3n) is 2.41. The number of aryl methyl sites for hydroxylation is 1. The lowest BCUT2D eigenvalue weighted by molar-refractivity contribution is 0.0690. The van der Waals surface area contributed by atoms with Gasteiger partial charge in [0.15, 0.2) is 5.69 Å². The molecule has 0 bridgehead atoms. The maximum absolute atomic E-state index is 10.9. The second kappa shape index (κ2) is 5.67. The quantitative estimate of drug-likeness (QED) is 0.899. The smallest absolute Gasteiger partial charge is 0.354 e. The zero-order chi connectivity index (χ0) is 13.8. The number of aromatic nitrogens is 2. The summed E-state index contributed by atoms with van der Waals surface area (Å²) in [6.07, 6.45) is 0. The Kier molecular flexibility index (Phi) is 3.97. The van der Waals surface area contributed by atoms with Crippen molar-refractivity contribution in [2.24, 2.45) is 0 Å². The average Bonchev–Trinajstić information content (AvgIpc) is 2.36. The van der Waals surface area contributed by atoms with Crippen LogP contribution in [0.1, 0.15) is 21.7 Å². The van der Waals surface area contributed by atoms with E-state index in [9.17, 15) is 4.79 Å². The van der Waals surface area contributed by atoms with Gasteiger partial charge in [-0.3, -0.25) is 0 Å². The van der Waals surface area contributed by atoms with E-state index in [1.54, 1.807) is 13.0 Å². The summed E-state index contributed by atoms with van der Waals surface area (Å²) in [5.74, 6) is -0.784. The molecule has 0 aliphatic rings. The number of carbonyl (C=O) groups is 1. The van der Waals surface area contributed by atoms with Crippen LogP contribution in [-0.4, -0.2) is 21.0 Å². The van der Waals surface area contributed by atoms with E-state index in [0.717, 1.165) is 5.56 Å². The number of aromatic carboxylic acids is 1. The van der Waals surface area contributed by atoms with Gasteiger partial charge < -0.3 is 10.4 Å². The van der Waals surface area contributed by atoms with Crippen molar-refractivity contribution in [1.82, 2.24) is 9.97 Å². The van der Waals surface area contributed by atoms with Gasteiger partial charge in [0.2, 0.25) is 5.95 Å². The summed E-state index contributed by atoms with van der Waals surface area (Å²) in [5, 5.41) is 12.5. The maximum atomic E-state index is 10.9. The number of rotatable bonds is 4. The van der Waals surface area contributed by atoms with Crippen molar-refractivity contribution in [1.29, 1.82) is 0 Å². The molecule has 5 nitrogen and oxygen atoms in total. The van der Waals surface area contributed by atoms with Gasteiger partial charge in [0, 0.05) is 17.3 Å². The zero-order valence-corrected chi connectivity index (χ0v) is 11.0. The first kappa shape index (κ1) is 13.3. The predicted octanol–water partition coefficient (Wildman–Crippen LogP) is 2.75. The normalized spacial score (nSPS) is 10.2. The summed E-state index contributed by atoms with van der Waals surface area (Å²) in [7, 11) is 0. The molecule has 0 aliphatic carbocycles. The number of hydrogen-bond acceptors (Lipinski definition) is 4. The van der Waals surface area contributed by atoms with Crippen LogP contribution in [0.4, 0.5) is 5.95 Å². The molecular weight excluding hydrogens is 266 g/mol. The molecule has 0 fully saturated rings. The summed E-state index contributed by atoms with van der Waals surface area (Å²) >= 11 is 5.88. The van der Waals surface area contributed by atoms with E-state index >= 15 is 0 Å². The number of carboxylic acids is 1. The molecule has 0 aliphatic heterocycles. The van der Waals surface area contributed by atoms with Crippen molar-refractivity contribution in [3.05, 3.63) is 52.3 Å². The van der Waals surface area contributed by atoms with Crippen molar-refractivity contribution in [2.75, 3.05) is 5.32 Å². The Bertz CT molecular complexity index is 617. The highest BCUT2D eigenvalue weighted by atomic mass is 35.5. The molecule has 6 heteroatoms. The Morgan fingerprint density at radius 2 is 2.16 bits per heavy atom. The van der Waals surface area contributed by atoms with Gasteiger partial charge in [-0.25, -0.2) is 14.8 Å². The van der Waals surface area contributed by atoms with Crippen molar-refractivity contribution in [3.63, 3.8) is 0 Å². The highest BCUT2D eigenvalue weighted by Gasteiger charge is 2.08. The molecule has 2 N–H and O–H groups in total. The largest absolute Gasteiger partial charge is 0.477 e. The third kappa shape index (κ3) is 3.66. The minimum Gasteiger partial charge on any atom is -0.477 e. The first-order valence-electron chi connectivity index (χ1n) is 5.62. The third-order valence-corrected chi connectivity index (χ3v) is 2.65. The maximum Gasteiger partial charge on any atom is 0.354 e. The van der Waals surface area contributed by atoms with E-state index in [4.69, 9.17) is 16.7 Å². The van der Waals surface area contributed by atoms with Crippen LogP contribution in [0.3, 0.4) is 0 Å². The number of nitrogens with one attached hydrogen (secondary N) is 1. The molecule has 0 saturated carbocycles. The van der Waals surface area contributed by atoms with Crippen molar-refractivity contribution < 1.29 is 9.90 Å². The summed E-state index contributed by atoms with van der Waals surface area (Å²) in [6, 6.07) is 8.79. The first-order chi connectivity index (χ1) is 9.04. The Morgan fingerprint density at radius 1 is 1.37 bits per heavy atom. The lowest BCUT2D eigenvalue weighted by atomic mass is 10.2. The lowest BCUT2D eigenvalue weighted by Crippen LogP contribution is -2.09. The topological polar surface area (TPSA) is 75.1 Å². The van der Waals surface area contributed by atoms with E-state index < -0.39 is 5.97 Å². The molecule has 0 saturated heterocycles. The minimum absolute atomic E-state index is 0.0268. The average molecular weight is 278 g/mol. The van der Waals surface area contributed by atoms with Gasteiger partial charge >= 0.3 is 5.97 Å². The zero-order valence-electron chi connectivity index (χ0n) is 10.2. The number of anilines is 1. The fraction of sp³-hybridized carbons (Fsp3) is 0.154. The monoisotopic (exact) mass is 277 g/mol. The van der Waals surface area contributed by atoms with Crippen LogP contribution in [0.5, 0.6) is 0 Å². The number of hydrogen-bond donors (Lipinski definition) is 2. The van der Waals surface area contributed by atoms with Crippen LogP contribution in [0.25, 0.3) is 0 Å². The highest BCUT2D eigenvalue weighted by Crippen LogP contribution is 2.12. The van der Waals surface area contributed by atoms with Crippen LogP contribution < -0.4 is 5.32 Å². The van der Waals surface area contributed by atoms with Gasteiger partial charge in [0.25, 0.3) is 0 Å². The molecule has 0 spiro atoms. The minimum atomic E-state index is -1.07. The molecule has 1 aromatic heterocycles. The van der Waals surface area contributed by atoms with Crippen LogP contribution in [0.15, 0.2) is 30.3 Å². The molecule has 2 aromatic rings. The summed E-state index contributed by atoms with van der Waals surface area (Å²) in [4.78, 5) is 18.9. The van der Waals surface area contributed by atoms with Crippen molar-refractivity contribution in [3.8, 4) is 0 Å². The molecule has 1 aromatic carbocycles. The summed E-state index contributed by atoms with van der Waals surface area (Å²) in [6.45, 7) is 2.20. The molecule has 0 radical (unpaired) electrons. The van der Waals surface area contributed by atoms with Gasteiger partial charge in [-0.2, -0.15) is 0 Å². The van der Waals surface area contributed by atoms with Crippen LogP contribution in [0.2, 0.25) is 5.02 Å². The number of benzene rings is 1. The second-order valence-corrected chi connectivity index (χ2v) is 4.44. The molecule has 1 heterocycles. The van der Waals surface area contributed by atoms with Crippen molar-refractivity contribution >= 4 is 23.5 Å². The first-order valence-corrected chi connectivity index (χ1v) is 5.99. The standard InChI is InChI=1S/C13H12ClN3O2/c1-8-5-11(12(18)19)17-13(16-8)15-7-9-3-2-4-10(14)6-9/h2-6H,7H2,1H3,(H,18,19)(H,15,16,17). The molecule has 0 amide bonds. The summed E-state index contributed by atoms with van der Waals surface area (Å²) < 4.78 is 0. The Balaban J connectivity index is 2.13. The van der Waals surface area contributed by atoms with Gasteiger partial charge in [-0.15, -0.1) is 0 Å². The molecule has 0 atom stereocenters. The number of halogens is 1. The predicted molar refractivity (Wildman–Crippen MR) is 72.5 cm³/mol. The Hall–Kier alpha value is -2.14. The van der Waals surface area contributed by atoms with Gasteiger partial charge in [-0.05, 0) is 30.7 Å². The lowest BCUT2D eigenvalue weighted by Gasteiger charge is -2.07. The van der Waals surface area contributed by atoms with E-state index in [1.807, 2.05) is 18.2 Å². The van der Waals surface area contributed by atoms with E-state index in [2.05, 4.69) is 15.3 Å². The van der Waals surface area contributed by atoms with Crippen LogP contribution in [0, 0.1) is 6.92 Å².